The van der Waals surface area contributed by atoms with Gasteiger partial charge in [0.2, 0.25) is 0 Å². The van der Waals surface area contributed by atoms with E-state index in [1.165, 1.54) is 16.7 Å². The van der Waals surface area contributed by atoms with Crippen LogP contribution in [-0.4, -0.2) is 25.6 Å². The molecule has 3 N–H and O–H groups in total. The van der Waals surface area contributed by atoms with Crippen molar-refractivity contribution in [2.45, 2.75) is 18.9 Å². The van der Waals surface area contributed by atoms with Crippen LogP contribution in [0.4, 0.5) is 10.2 Å². The summed E-state index contributed by atoms with van der Waals surface area (Å²) < 4.78 is 15.7. The minimum Gasteiger partial charge on any atom is -0.367 e. The van der Waals surface area contributed by atoms with Crippen LogP contribution in [0.25, 0.3) is 28.0 Å². The van der Waals surface area contributed by atoms with Crippen molar-refractivity contribution < 1.29 is 4.39 Å². The number of H-pyrrole nitrogens is 2. The van der Waals surface area contributed by atoms with Crippen LogP contribution in [0.15, 0.2) is 47.5 Å². The fraction of sp³-hybridized carbons (Fsp3) is 0.158. The zero-order valence-corrected chi connectivity index (χ0v) is 14.8. The molecule has 1 saturated carbocycles. The van der Waals surface area contributed by atoms with Crippen LogP contribution < -0.4 is 11.0 Å². The third-order valence-corrected chi connectivity index (χ3v) is 4.98. The van der Waals surface area contributed by atoms with Gasteiger partial charge >= 0.3 is 5.69 Å². The topological polar surface area (TPSA) is 78.5 Å². The number of fused-ring (bicyclic) bond motifs is 1. The fourth-order valence-electron chi connectivity index (χ4n) is 3.20. The summed E-state index contributed by atoms with van der Waals surface area (Å²) in [4.78, 5) is 22.9. The van der Waals surface area contributed by atoms with E-state index in [1.807, 2.05) is 18.2 Å². The summed E-state index contributed by atoms with van der Waals surface area (Å²) in [5.41, 5.74) is 3.09. The standard InChI is InChI=1S/C19H15ClFN5O/c20-13-5-1-10(7-14(13)21)17-18(24-11-2-3-11)25-19(27)26(17)12-4-6-15-16(8-12)23-9-22-15/h1,4-9,11,24H,2-3H2,(H,22,23)(H,25,27). The van der Waals surface area contributed by atoms with Crippen LogP contribution in [0, 0.1) is 5.82 Å². The first-order valence-electron chi connectivity index (χ1n) is 8.60. The Morgan fingerprint density at radius 3 is 2.85 bits per heavy atom. The number of rotatable bonds is 4. The van der Waals surface area contributed by atoms with Crippen molar-refractivity contribution in [1.29, 1.82) is 0 Å². The number of benzene rings is 2. The molecule has 2 heterocycles. The number of aromatic amines is 2. The maximum atomic E-state index is 14.1. The summed E-state index contributed by atoms with van der Waals surface area (Å²) in [5, 5.41) is 3.37. The number of nitrogens with one attached hydrogen (secondary N) is 3. The average Bonchev–Trinajstić information content (AvgIpc) is 3.23. The summed E-state index contributed by atoms with van der Waals surface area (Å²) in [5.74, 6) is 0.0460. The normalized spacial score (nSPS) is 14.0. The van der Waals surface area contributed by atoms with Gasteiger partial charge in [0, 0.05) is 11.6 Å². The van der Waals surface area contributed by atoms with Gasteiger partial charge in [-0.25, -0.2) is 14.2 Å². The molecule has 6 nitrogen and oxygen atoms in total. The predicted molar refractivity (Wildman–Crippen MR) is 103 cm³/mol. The molecule has 2 aromatic carbocycles. The molecule has 0 aliphatic heterocycles. The number of anilines is 1. The summed E-state index contributed by atoms with van der Waals surface area (Å²) in [6.45, 7) is 0. The smallest absolute Gasteiger partial charge is 0.332 e. The highest BCUT2D eigenvalue weighted by Crippen LogP contribution is 2.34. The van der Waals surface area contributed by atoms with E-state index in [0.29, 0.717) is 28.8 Å². The van der Waals surface area contributed by atoms with E-state index >= 15 is 0 Å². The van der Waals surface area contributed by atoms with E-state index < -0.39 is 5.82 Å². The third kappa shape index (κ3) is 2.80. The molecule has 5 rings (SSSR count). The molecule has 0 radical (unpaired) electrons. The van der Waals surface area contributed by atoms with E-state index in [2.05, 4.69) is 20.3 Å². The van der Waals surface area contributed by atoms with Crippen molar-refractivity contribution in [2.75, 3.05) is 5.32 Å². The van der Waals surface area contributed by atoms with E-state index in [9.17, 15) is 9.18 Å². The molecule has 0 bridgehead atoms. The predicted octanol–water partition coefficient (Wildman–Crippen LogP) is 4.08. The quantitative estimate of drug-likeness (QED) is 0.497. The molecule has 27 heavy (non-hydrogen) atoms. The van der Waals surface area contributed by atoms with Crippen LogP contribution in [0.5, 0.6) is 0 Å². The molecule has 0 unspecified atom stereocenters. The molecule has 0 saturated heterocycles. The highest BCUT2D eigenvalue weighted by molar-refractivity contribution is 6.30. The summed E-state index contributed by atoms with van der Waals surface area (Å²) in [6.07, 6.45) is 3.69. The van der Waals surface area contributed by atoms with Gasteiger partial charge in [0.05, 0.1) is 33.8 Å². The minimum absolute atomic E-state index is 0.0405. The number of aromatic nitrogens is 4. The first-order chi connectivity index (χ1) is 13.1. The van der Waals surface area contributed by atoms with Crippen LogP contribution in [0.2, 0.25) is 5.02 Å². The van der Waals surface area contributed by atoms with Gasteiger partial charge in [-0.15, -0.1) is 0 Å². The molecule has 1 aliphatic carbocycles. The molecular weight excluding hydrogens is 369 g/mol. The molecule has 4 aromatic rings. The average molecular weight is 384 g/mol. The molecule has 0 spiro atoms. The van der Waals surface area contributed by atoms with Crippen molar-refractivity contribution in [3.63, 3.8) is 0 Å². The van der Waals surface area contributed by atoms with E-state index in [0.717, 1.165) is 23.9 Å². The highest BCUT2D eigenvalue weighted by atomic mass is 35.5. The SMILES string of the molecule is O=c1[nH]c(NC2CC2)c(-c2ccc(Cl)c(F)c2)n1-c1ccc2nc[nH]c2c1. The second-order valence-corrected chi connectivity index (χ2v) is 7.05. The lowest BCUT2D eigenvalue weighted by molar-refractivity contribution is 0.628. The highest BCUT2D eigenvalue weighted by Gasteiger charge is 2.26. The van der Waals surface area contributed by atoms with E-state index in [-0.39, 0.29) is 10.7 Å². The number of hydrogen-bond donors (Lipinski definition) is 3. The van der Waals surface area contributed by atoms with Crippen LogP contribution in [0.3, 0.4) is 0 Å². The van der Waals surface area contributed by atoms with Gasteiger partial charge in [-0.2, -0.15) is 0 Å². The molecule has 1 aliphatic rings. The van der Waals surface area contributed by atoms with E-state index in [4.69, 9.17) is 11.6 Å². The Morgan fingerprint density at radius 1 is 1.22 bits per heavy atom. The number of imidazole rings is 2. The van der Waals surface area contributed by atoms with Crippen molar-refractivity contribution >= 4 is 28.5 Å². The minimum atomic E-state index is -0.532. The number of hydrogen-bond acceptors (Lipinski definition) is 3. The van der Waals surface area contributed by atoms with Crippen molar-refractivity contribution in [3.05, 3.63) is 64.0 Å². The zero-order chi connectivity index (χ0) is 18.5. The Bertz CT molecular complexity index is 1220. The van der Waals surface area contributed by atoms with Gasteiger partial charge < -0.3 is 10.3 Å². The van der Waals surface area contributed by atoms with Gasteiger partial charge in [0.15, 0.2) is 0 Å². The second-order valence-electron chi connectivity index (χ2n) is 6.64. The van der Waals surface area contributed by atoms with Crippen molar-refractivity contribution in [1.82, 2.24) is 19.5 Å². The first-order valence-corrected chi connectivity index (χ1v) is 8.98. The Hall–Kier alpha value is -3.06. The lowest BCUT2D eigenvalue weighted by Gasteiger charge is -2.11. The van der Waals surface area contributed by atoms with Gasteiger partial charge in [0.1, 0.15) is 11.6 Å². The molecule has 8 heteroatoms. The molecular formula is C19H15ClFN5O. The van der Waals surface area contributed by atoms with Crippen molar-refractivity contribution in [2.24, 2.45) is 0 Å². The fourth-order valence-corrected chi connectivity index (χ4v) is 3.32. The Balaban J connectivity index is 1.75. The maximum Gasteiger partial charge on any atom is 0.332 e. The number of halogens is 2. The lowest BCUT2D eigenvalue weighted by Crippen LogP contribution is -2.15. The zero-order valence-electron chi connectivity index (χ0n) is 14.1. The van der Waals surface area contributed by atoms with Gasteiger partial charge in [0.25, 0.3) is 0 Å². The van der Waals surface area contributed by atoms with Crippen LogP contribution >= 0.6 is 11.6 Å². The summed E-state index contributed by atoms with van der Waals surface area (Å²) >= 11 is 5.84. The van der Waals surface area contributed by atoms with Crippen molar-refractivity contribution in [3.8, 4) is 16.9 Å². The van der Waals surface area contributed by atoms with Gasteiger partial charge in [-0.05, 0) is 43.2 Å². The molecule has 2 aromatic heterocycles. The van der Waals surface area contributed by atoms with Crippen LogP contribution in [0.1, 0.15) is 12.8 Å². The number of nitrogens with zero attached hydrogens (tertiary/aromatic N) is 2. The summed E-state index contributed by atoms with van der Waals surface area (Å²) in [7, 11) is 0. The molecule has 0 amide bonds. The lowest BCUT2D eigenvalue weighted by atomic mass is 10.1. The van der Waals surface area contributed by atoms with Gasteiger partial charge in [-0.1, -0.05) is 17.7 Å². The largest absolute Gasteiger partial charge is 0.367 e. The monoisotopic (exact) mass is 383 g/mol. The van der Waals surface area contributed by atoms with Crippen LogP contribution in [-0.2, 0) is 0 Å². The maximum absolute atomic E-state index is 14.1. The van der Waals surface area contributed by atoms with E-state index in [1.54, 1.807) is 12.4 Å². The molecule has 136 valence electrons. The Morgan fingerprint density at radius 2 is 2.07 bits per heavy atom. The molecule has 0 atom stereocenters. The third-order valence-electron chi connectivity index (χ3n) is 4.68. The van der Waals surface area contributed by atoms with Gasteiger partial charge in [-0.3, -0.25) is 9.55 Å². The Labute approximate surface area is 158 Å². The Kier molecular flexibility index (Phi) is 3.58. The summed E-state index contributed by atoms with van der Waals surface area (Å²) in [6, 6.07) is 10.4. The molecule has 1 fully saturated rings. The first kappa shape index (κ1) is 16.1. The second kappa shape index (κ2) is 5.99.